The monoisotopic (exact) mass is 699 g/mol. The number of aliphatic hydroxyl groups is 1. The molecule has 0 fully saturated rings. The van der Waals surface area contributed by atoms with Gasteiger partial charge in [-0.3, -0.25) is 19.2 Å². The Kier molecular flexibility index (Phi) is 17.0. The lowest BCUT2D eigenvalue weighted by Crippen LogP contribution is -2.50. The number of carboxylic acid groups (broad SMARTS) is 1. The minimum Gasteiger partial charge on any atom is -0.491 e. The summed E-state index contributed by atoms with van der Waals surface area (Å²) in [6.07, 6.45) is 1.07. The number of ether oxygens (including phenoxy) is 1. The van der Waals surface area contributed by atoms with E-state index in [-0.39, 0.29) is 60.7 Å². The number of nitrogens with two attached hydrogens (primary N) is 3. The molecule has 2 unspecified atom stereocenters. The maximum Gasteiger partial charge on any atom is 0.326 e. The molecular formula is C37H57N5O8. The van der Waals surface area contributed by atoms with Gasteiger partial charge in [-0.2, -0.15) is 0 Å². The van der Waals surface area contributed by atoms with Crippen LogP contribution in [0.2, 0.25) is 0 Å². The number of carboxylic acids is 1. The van der Waals surface area contributed by atoms with Crippen molar-refractivity contribution in [1.82, 2.24) is 10.6 Å². The summed E-state index contributed by atoms with van der Waals surface area (Å²) in [5.41, 5.74) is 19.0. The van der Waals surface area contributed by atoms with Gasteiger partial charge in [-0.05, 0) is 48.7 Å². The minimum absolute atomic E-state index is 0.000887. The first-order chi connectivity index (χ1) is 23.5. The number of carbonyl (C=O) groups is 5. The Morgan fingerprint density at radius 2 is 1.58 bits per heavy atom. The fourth-order valence-corrected chi connectivity index (χ4v) is 5.67. The summed E-state index contributed by atoms with van der Waals surface area (Å²) in [6, 6.07) is 4.90. The molecule has 0 radical (unpaired) electrons. The largest absolute Gasteiger partial charge is 0.491 e. The second-order valence-electron chi connectivity index (χ2n) is 14.1. The molecule has 0 saturated carbocycles. The van der Waals surface area contributed by atoms with Crippen LogP contribution in [0.15, 0.2) is 53.3 Å². The van der Waals surface area contributed by atoms with Gasteiger partial charge in [0, 0.05) is 29.5 Å². The first-order valence-electron chi connectivity index (χ1n) is 17.4. The number of amides is 2. The summed E-state index contributed by atoms with van der Waals surface area (Å²) in [7, 11) is 0. The maximum atomic E-state index is 14.1. The Balaban J connectivity index is 2.42. The predicted molar refractivity (Wildman–Crippen MR) is 190 cm³/mol. The molecule has 10 N–H and O–H groups in total. The van der Waals surface area contributed by atoms with Crippen LogP contribution in [0, 0.1) is 23.7 Å². The maximum absolute atomic E-state index is 14.1. The van der Waals surface area contributed by atoms with Crippen molar-refractivity contribution in [2.75, 3.05) is 13.2 Å². The highest BCUT2D eigenvalue weighted by molar-refractivity contribution is 6.10. The van der Waals surface area contributed by atoms with E-state index in [4.69, 9.17) is 21.9 Å². The van der Waals surface area contributed by atoms with Gasteiger partial charge in [-0.25, -0.2) is 4.79 Å². The number of aliphatic carboxylic acids is 1. The molecule has 0 saturated heterocycles. The van der Waals surface area contributed by atoms with Crippen molar-refractivity contribution < 1.29 is 38.9 Å². The quantitative estimate of drug-likeness (QED) is 0.0976. The van der Waals surface area contributed by atoms with E-state index in [9.17, 15) is 34.2 Å². The van der Waals surface area contributed by atoms with Crippen LogP contribution >= 0.6 is 0 Å². The molecule has 0 bridgehead atoms. The van der Waals surface area contributed by atoms with Crippen molar-refractivity contribution in [2.45, 2.75) is 104 Å². The van der Waals surface area contributed by atoms with E-state index < -0.39 is 72.0 Å². The molecule has 13 heteroatoms. The van der Waals surface area contributed by atoms with Gasteiger partial charge in [-0.15, -0.1) is 0 Å². The van der Waals surface area contributed by atoms with Gasteiger partial charge in [-0.1, -0.05) is 78.3 Å². The number of allylic oxidation sites excluding steroid dienone is 2. The van der Waals surface area contributed by atoms with Crippen LogP contribution in [0.3, 0.4) is 0 Å². The lowest BCUT2D eigenvalue weighted by molar-refractivity contribution is -0.143. The van der Waals surface area contributed by atoms with E-state index in [1.165, 1.54) is 6.08 Å². The second kappa shape index (κ2) is 20.1. The molecule has 7 atom stereocenters. The molecule has 50 heavy (non-hydrogen) atoms. The molecule has 2 amide bonds. The molecule has 2 rings (SSSR count). The van der Waals surface area contributed by atoms with E-state index >= 15 is 0 Å². The lowest BCUT2D eigenvalue weighted by Gasteiger charge is -2.29. The van der Waals surface area contributed by atoms with Crippen LogP contribution in [0.1, 0.15) is 72.8 Å². The number of aliphatic hydroxyl groups excluding tert-OH is 1. The SMILES string of the molecule is CC[C@H](C)[C@H](N)C(=O)NCC1=CC(C(=O)C[C@H](NC(=O)C(N)Cc2ccccc2)C(=O)O)=C(C(=O)C(C[C@H](O)[C@@H](N)CC(C)C)C(C)C)CO1. The summed E-state index contributed by atoms with van der Waals surface area (Å²) in [5, 5.41) is 25.9. The first kappa shape index (κ1) is 42.3. The van der Waals surface area contributed by atoms with E-state index in [1.54, 1.807) is 24.3 Å². The fraction of sp³-hybridized carbons (Fsp3) is 0.595. The van der Waals surface area contributed by atoms with Crippen molar-refractivity contribution in [1.29, 1.82) is 0 Å². The number of ketones is 2. The third-order valence-corrected chi connectivity index (χ3v) is 9.14. The zero-order chi connectivity index (χ0) is 37.7. The third-order valence-electron chi connectivity index (χ3n) is 9.14. The van der Waals surface area contributed by atoms with E-state index in [2.05, 4.69) is 10.6 Å². The Morgan fingerprint density at radius 3 is 2.14 bits per heavy atom. The Hall–Kier alpha value is -3.91. The Bertz CT molecular complexity index is 1390. The smallest absolute Gasteiger partial charge is 0.326 e. The second-order valence-corrected chi connectivity index (χ2v) is 14.1. The number of nitrogens with one attached hydrogen (secondary N) is 2. The average Bonchev–Trinajstić information content (AvgIpc) is 3.07. The highest BCUT2D eigenvalue weighted by atomic mass is 16.5. The molecule has 1 aromatic rings. The van der Waals surface area contributed by atoms with Crippen LogP contribution in [-0.2, 0) is 35.1 Å². The van der Waals surface area contributed by atoms with Crippen LogP contribution in [-0.4, -0.2) is 83.0 Å². The molecule has 0 aromatic heterocycles. The number of carbonyl (C=O) groups excluding carboxylic acids is 4. The average molecular weight is 700 g/mol. The molecule has 0 aliphatic carbocycles. The summed E-state index contributed by atoms with van der Waals surface area (Å²) in [6.45, 7) is 10.9. The van der Waals surface area contributed by atoms with Crippen molar-refractivity contribution in [3.05, 3.63) is 58.9 Å². The minimum atomic E-state index is -1.65. The third kappa shape index (κ3) is 12.8. The number of hydrogen-bond acceptors (Lipinski definition) is 10. The Labute approximate surface area is 295 Å². The first-order valence-corrected chi connectivity index (χ1v) is 17.4. The van der Waals surface area contributed by atoms with E-state index in [0.29, 0.717) is 12.8 Å². The predicted octanol–water partition coefficient (Wildman–Crippen LogP) is 1.75. The van der Waals surface area contributed by atoms with Crippen molar-refractivity contribution in [3.8, 4) is 0 Å². The summed E-state index contributed by atoms with van der Waals surface area (Å²) in [4.78, 5) is 65.8. The number of rotatable bonds is 21. The van der Waals surface area contributed by atoms with Gasteiger partial charge in [0.15, 0.2) is 11.6 Å². The van der Waals surface area contributed by atoms with Crippen LogP contribution in [0.4, 0.5) is 0 Å². The zero-order valence-corrected chi connectivity index (χ0v) is 30.2. The highest BCUT2D eigenvalue weighted by Crippen LogP contribution is 2.29. The van der Waals surface area contributed by atoms with E-state index in [1.807, 2.05) is 47.6 Å². The molecule has 0 spiro atoms. The van der Waals surface area contributed by atoms with Crippen molar-refractivity contribution in [2.24, 2.45) is 40.9 Å². The topological polar surface area (TPSA) is 237 Å². The van der Waals surface area contributed by atoms with Gasteiger partial charge in [0.1, 0.15) is 18.4 Å². The summed E-state index contributed by atoms with van der Waals surface area (Å²) >= 11 is 0. The highest BCUT2D eigenvalue weighted by Gasteiger charge is 2.35. The van der Waals surface area contributed by atoms with Crippen molar-refractivity contribution in [3.63, 3.8) is 0 Å². The molecule has 13 nitrogen and oxygen atoms in total. The van der Waals surface area contributed by atoms with Gasteiger partial charge < -0.3 is 42.8 Å². The fourth-order valence-electron chi connectivity index (χ4n) is 5.67. The number of hydrogen-bond donors (Lipinski definition) is 7. The number of Topliss-reactive ketones (excluding diaryl/α,β-unsaturated/α-hetero) is 2. The molecule has 1 aliphatic heterocycles. The molecule has 1 aromatic carbocycles. The van der Waals surface area contributed by atoms with E-state index in [0.717, 1.165) is 5.56 Å². The number of benzene rings is 1. The van der Waals surface area contributed by atoms with Crippen molar-refractivity contribution >= 4 is 29.4 Å². The zero-order valence-electron chi connectivity index (χ0n) is 30.2. The summed E-state index contributed by atoms with van der Waals surface area (Å²) < 4.78 is 5.83. The van der Waals surface area contributed by atoms with Crippen LogP contribution in [0.25, 0.3) is 0 Å². The normalized spacial score (nSPS) is 17.5. The van der Waals surface area contributed by atoms with Gasteiger partial charge >= 0.3 is 5.97 Å². The van der Waals surface area contributed by atoms with Crippen LogP contribution in [0.5, 0.6) is 0 Å². The molecular weight excluding hydrogens is 642 g/mol. The summed E-state index contributed by atoms with van der Waals surface area (Å²) in [5.74, 6) is -4.51. The Morgan fingerprint density at radius 1 is 0.940 bits per heavy atom. The molecule has 1 heterocycles. The molecule has 1 aliphatic rings. The van der Waals surface area contributed by atoms with Gasteiger partial charge in [0.05, 0.1) is 24.7 Å². The lowest BCUT2D eigenvalue weighted by atomic mass is 9.79. The van der Waals surface area contributed by atoms with Crippen LogP contribution < -0.4 is 27.8 Å². The molecule has 278 valence electrons. The standard InChI is InChI=1S/C37H57N5O8/c1-7-22(6)33(40)36(47)41-18-24-15-26(27(19-50-24)34(45)25(21(4)5)16-32(44)28(38)13-20(2)3)31(43)17-30(37(48)49)42-35(46)29(39)14-23-11-9-8-10-12-23/h8-12,15,20-22,25,28-30,32-33,44H,7,13-14,16-19,38-40H2,1-6H3,(H,41,47)(H,42,46)(H,48,49)/t22-,25?,28-,29?,30-,32-,33-/m0/s1. The van der Waals surface area contributed by atoms with Gasteiger partial charge in [0.2, 0.25) is 11.8 Å². The van der Waals surface area contributed by atoms with Gasteiger partial charge in [0.25, 0.3) is 0 Å².